The van der Waals surface area contributed by atoms with Gasteiger partial charge in [-0.2, -0.15) is 0 Å². The number of carbonyl (C=O) groups excluding carboxylic acids is 3. The lowest BCUT2D eigenvalue weighted by Crippen LogP contribution is -2.44. The van der Waals surface area contributed by atoms with E-state index in [0.29, 0.717) is 4.90 Å². The summed E-state index contributed by atoms with van der Waals surface area (Å²) < 4.78 is 66.6. The molecule has 0 saturated carbocycles. The molecule has 1 aliphatic rings. The van der Waals surface area contributed by atoms with Gasteiger partial charge in [0.15, 0.2) is 5.78 Å². The van der Waals surface area contributed by atoms with Crippen molar-refractivity contribution in [1.82, 2.24) is 10.2 Å². The summed E-state index contributed by atoms with van der Waals surface area (Å²) >= 11 is 0. The van der Waals surface area contributed by atoms with E-state index < -0.39 is 95.7 Å². The predicted molar refractivity (Wildman–Crippen MR) is 103 cm³/mol. The second-order valence-corrected chi connectivity index (χ2v) is 6.92. The zero-order chi connectivity index (χ0) is 27.4. The largest absolute Gasteiger partial charge is 0.385 e. The molecule has 0 spiro atoms. The number of likely N-dealkylation sites (N-methyl/N-ethyl adjacent to an activating group) is 1. The average molecular weight is 383 g/mol. The first-order chi connectivity index (χ1) is 15.7. The zero-order valence-corrected chi connectivity index (χ0v) is 16.1. The van der Waals surface area contributed by atoms with E-state index in [1.807, 2.05) is 0 Å². The summed E-state index contributed by atoms with van der Waals surface area (Å²) in [7, 11) is 1.11. The van der Waals surface area contributed by atoms with E-state index >= 15 is 0 Å². The molecule has 0 radical (unpaired) electrons. The summed E-state index contributed by atoms with van der Waals surface area (Å²) in [5, 5.41) is 12.2. The lowest BCUT2D eigenvalue weighted by Gasteiger charge is -2.26. The molecular weight excluding hydrogens is 344 g/mol. The first-order valence-electron chi connectivity index (χ1n) is 12.6. The molecule has 0 bridgehead atoms. The standard InChI is InChI=1S/C21H30N2O4/c1-12(2)19(25)17(24)10-13(3)20(26)22-18-16-9-7-6-8-15(16)11-14(4)23(5)21(18)27/h6-9,12-14,18-19,25H,10-11H2,1-5H3,(H,22,26)/t13-,14?,18+,19+/m1/s1/i6D,7D,8D,9D,11D2,13D,14D. The van der Waals surface area contributed by atoms with Crippen LogP contribution < -0.4 is 5.32 Å². The summed E-state index contributed by atoms with van der Waals surface area (Å²) in [6.45, 7) is 5.33. The quantitative estimate of drug-likeness (QED) is 0.786. The lowest BCUT2D eigenvalue weighted by molar-refractivity contribution is -0.138. The molecule has 4 atom stereocenters. The third kappa shape index (κ3) is 4.75. The highest BCUT2D eigenvalue weighted by Crippen LogP contribution is 2.27. The number of rotatable bonds is 6. The monoisotopic (exact) mass is 382 g/mol. The van der Waals surface area contributed by atoms with Crippen LogP contribution in [-0.4, -0.2) is 46.8 Å². The minimum absolute atomic E-state index is 0.460. The molecule has 1 aromatic rings. The van der Waals surface area contributed by atoms with E-state index in [4.69, 9.17) is 11.0 Å². The maximum Gasteiger partial charge on any atom is 0.249 e. The van der Waals surface area contributed by atoms with Gasteiger partial charge in [0.25, 0.3) is 0 Å². The van der Waals surface area contributed by atoms with Crippen molar-refractivity contribution in [3.05, 3.63) is 35.3 Å². The van der Waals surface area contributed by atoms with Gasteiger partial charge in [0.05, 0.1) is 6.85 Å². The molecular formula is C21H30N2O4. The second-order valence-electron chi connectivity index (χ2n) is 6.92. The van der Waals surface area contributed by atoms with E-state index in [9.17, 15) is 19.5 Å². The number of nitrogens with zero attached hydrogens (tertiary/aromatic N) is 1. The Morgan fingerprint density at radius 2 is 2.07 bits per heavy atom. The summed E-state index contributed by atoms with van der Waals surface area (Å²) in [6.07, 6.45) is -4.90. The third-order valence-electron chi connectivity index (χ3n) is 4.46. The van der Waals surface area contributed by atoms with Crippen LogP contribution in [0.15, 0.2) is 24.2 Å². The third-order valence-corrected chi connectivity index (χ3v) is 4.46. The van der Waals surface area contributed by atoms with Gasteiger partial charge in [-0.25, -0.2) is 0 Å². The molecule has 6 heteroatoms. The summed E-state index contributed by atoms with van der Waals surface area (Å²) in [6, 6.07) is -7.30. The van der Waals surface area contributed by atoms with E-state index in [0.717, 1.165) is 20.9 Å². The van der Waals surface area contributed by atoms with Crippen LogP contribution in [-0.2, 0) is 20.8 Å². The van der Waals surface area contributed by atoms with Crippen LogP contribution in [0.25, 0.3) is 0 Å². The van der Waals surface area contributed by atoms with E-state index in [2.05, 4.69) is 5.32 Å². The number of amides is 2. The molecule has 0 fully saturated rings. The van der Waals surface area contributed by atoms with Crippen LogP contribution in [0.3, 0.4) is 0 Å². The molecule has 1 unspecified atom stereocenters. The number of hydrogen-bond acceptors (Lipinski definition) is 4. The Morgan fingerprint density at radius 3 is 2.70 bits per heavy atom. The first kappa shape index (κ1) is 12.3. The zero-order valence-electron chi connectivity index (χ0n) is 24.1. The van der Waals surface area contributed by atoms with Crippen LogP contribution >= 0.6 is 0 Å². The minimum Gasteiger partial charge on any atom is -0.385 e. The Bertz CT molecular complexity index is 1070. The fraction of sp³-hybridized carbons (Fsp3) is 0.571. The van der Waals surface area contributed by atoms with Gasteiger partial charge in [-0.15, -0.1) is 0 Å². The molecule has 0 saturated heterocycles. The van der Waals surface area contributed by atoms with Gasteiger partial charge >= 0.3 is 0 Å². The maximum absolute atomic E-state index is 13.4. The lowest BCUT2D eigenvalue weighted by atomic mass is 9.94. The number of nitrogens with one attached hydrogen (secondary N) is 1. The van der Waals surface area contributed by atoms with Gasteiger partial charge in [0.2, 0.25) is 11.8 Å². The van der Waals surface area contributed by atoms with Crippen LogP contribution in [0.1, 0.15) is 62.3 Å². The molecule has 27 heavy (non-hydrogen) atoms. The number of carbonyl (C=O) groups is 3. The van der Waals surface area contributed by atoms with Gasteiger partial charge in [-0.05, 0) is 30.3 Å². The molecule has 148 valence electrons. The van der Waals surface area contributed by atoms with E-state index in [1.54, 1.807) is 13.8 Å². The Hall–Kier alpha value is -2.21. The van der Waals surface area contributed by atoms with Crippen molar-refractivity contribution in [2.75, 3.05) is 7.05 Å². The summed E-state index contributed by atoms with van der Waals surface area (Å²) in [4.78, 5) is 39.4. The minimum atomic E-state index is -2.79. The molecule has 2 N–H and O–H groups in total. The van der Waals surface area contributed by atoms with Crippen LogP contribution in [0.5, 0.6) is 0 Å². The van der Waals surface area contributed by atoms with Crippen molar-refractivity contribution in [3.63, 3.8) is 0 Å². The molecule has 0 aliphatic carbocycles. The molecule has 6 nitrogen and oxygen atoms in total. The SMILES string of the molecule is [2H]c1c([2H])c([2H])c2c(c1[2H])[C@H](NC(=O)[C@]([2H])(C)CC(=O)[C@@H](O)C(C)C)C(=O)N(C)C([2H])(C)C2([2H])[2H]. The van der Waals surface area contributed by atoms with E-state index in [-0.39, 0.29) is 0 Å². The van der Waals surface area contributed by atoms with Gasteiger partial charge < -0.3 is 15.3 Å². The average Bonchev–Trinajstić information content (AvgIpc) is 2.78. The molecule has 1 heterocycles. The molecule has 1 aliphatic heterocycles. The Morgan fingerprint density at radius 1 is 1.44 bits per heavy atom. The van der Waals surface area contributed by atoms with Crippen molar-refractivity contribution in [2.24, 2.45) is 11.8 Å². The highest BCUT2D eigenvalue weighted by Gasteiger charge is 2.34. The van der Waals surface area contributed by atoms with Crippen molar-refractivity contribution < 1.29 is 30.5 Å². The molecule has 1 aromatic carbocycles. The Labute approximate surface area is 172 Å². The van der Waals surface area contributed by atoms with Gasteiger partial charge in [-0.3, -0.25) is 14.4 Å². The number of fused-ring (bicyclic) bond motifs is 1. The van der Waals surface area contributed by atoms with E-state index in [1.165, 1.54) is 0 Å². The van der Waals surface area contributed by atoms with Crippen LogP contribution in [0.4, 0.5) is 0 Å². The number of ketones is 1. The summed E-state index contributed by atoms with van der Waals surface area (Å²) in [5.74, 6) is -5.59. The fourth-order valence-electron chi connectivity index (χ4n) is 2.59. The van der Waals surface area contributed by atoms with Gasteiger partial charge in [0, 0.05) is 29.5 Å². The number of Topliss-reactive ketones (excluding diaryl/α,β-unsaturated/α-hetero) is 1. The van der Waals surface area contributed by atoms with Crippen LogP contribution in [0, 0.1) is 11.8 Å². The number of aliphatic hydroxyl groups is 1. The van der Waals surface area contributed by atoms with Crippen molar-refractivity contribution >= 4 is 17.6 Å². The molecule has 2 amide bonds. The number of aliphatic hydroxyl groups excluding tert-OH is 1. The van der Waals surface area contributed by atoms with Crippen molar-refractivity contribution in [2.45, 2.75) is 58.7 Å². The Kier molecular flexibility index (Phi) is 3.94. The fourth-order valence-corrected chi connectivity index (χ4v) is 2.59. The second kappa shape index (κ2) is 8.65. The normalized spacial score (nSPS) is 32.0. The highest BCUT2D eigenvalue weighted by atomic mass is 16.3. The molecule has 2 rings (SSSR count). The number of hydrogen-bond donors (Lipinski definition) is 2. The Balaban J connectivity index is 2.68. The first-order valence-corrected chi connectivity index (χ1v) is 8.61. The molecule has 0 aromatic heterocycles. The topological polar surface area (TPSA) is 86.7 Å². The highest BCUT2D eigenvalue weighted by molar-refractivity contribution is 5.93. The maximum atomic E-state index is 13.4. The number of benzene rings is 1. The van der Waals surface area contributed by atoms with Crippen LogP contribution in [0.2, 0.25) is 0 Å². The summed E-state index contributed by atoms with van der Waals surface area (Å²) in [5.41, 5.74) is -1.20. The van der Waals surface area contributed by atoms with Crippen molar-refractivity contribution in [1.29, 1.82) is 0 Å². The van der Waals surface area contributed by atoms with Gasteiger partial charge in [0.1, 0.15) is 12.1 Å². The van der Waals surface area contributed by atoms with Crippen molar-refractivity contribution in [3.8, 4) is 0 Å². The van der Waals surface area contributed by atoms with Gasteiger partial charge in [-0.1, -0.05) is 44.9 Å². The predicted octanol–water partition coefficient (Wildman–Crippen LogP) is 1.86. The smallest absolute Gasteiger partial charge is 0.249 e.